The molecule has 25 heavy (non-hydrogen) atoms. The van der Waals surface area contributed by atoms with Crippen LogP contribution in [-0.4, -0.2) is 42.6 Å². The third-order valence-electron chi connectivity index (χ3n) is 4.77. The van der Waals surface area contributed by atoms with Crippen LogP contribution in [0.4, 0.5) is 5.69 Å². The molecule has 0 N–H and O–H groups in total. The molecule has 5 heteroatoms. The maximum absolute atomic E-state index is 5.98. The number of thiazole rings is 1. The Hall–Kier alpha value is -1.62. The van der Waals surface area contributed by atoms with Crippen LogP contribution in [0.2, 0.25) is 5.02 Å². The van der Waals surface area contributed by atoms with E-state index in [1.165, 1.54) is 21.8 Å². The van der Waals surface area contributed by atoms with Crippen LogP contribution in [0.1, 0.15) is 11.4 Å². The molecular formula is C20H22ClN3S. The monoisotopic (exact) mass is 371 g/mol. The Morgan fingerprint density at radius 1 is 0.960 bits per heavy atom. The minimum absolute atomic E-state index is 0.803. The van der Waals surface area contributed by atoms with Gasteiger partial charge in [-0.25, -0.2) is 4.98 Å². The fourth-order valence-electron chi connectivity index (χ4n) is 3.36. The molecule has 2 heterocycles. The number of halogens is 1. The van der Waals surface area contributed by atoms with E-state index >= 15 is 0 Å². The standard InChI is InChI=1S/C20H22ClN3S/c21-16-7-9-17(10-8-16)24-14-12-23(13-15-24)11-3-6-20-22-18-4-1-2-5-19(18)25-20/h1-2,4-5,7-10H,3,6,11-15H2. The van der Waals surface area contributed by atoms with Gasteiger partial charge in [0.15, 0.2) is 0 Å². The molecule has 1 aromatic heterocycles. The molecule has 0 spiro atoms. The Kier molecular flexibility index (Phi) is 5.20. The molecule has 0 atom stereocenters. The first kappa shape index (κ1) is 16.8. The zero-order chi connectivity index (χ0) is 17.1. The number of rotatable bonds is 5. The summed E-state index contributed by atoms with van der Waals surface area (Å²) in [5.74, 6) is 0. The largest absolute Gasteiger partial charge is 0.369 e. The molecule has 1 aliphatic heterocycles. The van der Waals surface area contributed by atoms with E-state index in [2.05, 4.69) is 46.2 Å². The van der Waals surface area contributed by atoms with Gasteiger partial charge in [-0.2, -0.15) is 0 Å². The van der Waals surface area contributed by atoms with Crippen molar-refractivity contribution in [1.82, 2.24) is 9.88 Å². The number of anilines is 1. The van der Waals surface area contributed by atoms with E-state index in [9.17, 15) is 0 Å². The molecule has 3 aromatic rings. The summed E-state index contributed by atoms with van der Waals surface area (Å²) in [6.45, 7) is 5.58. The highest BCUT2D eigenvalue weighted by Gasteiger charge is 2.17. The Labute approximate surface area is 157 Å². The molecular weight excluding hydrogens is 350 g/mol. The highest BCUT2D eigenvalue weighted by atomic mass is 35.5. The predicted molar refractivity (Wildman–Crippen MR) is 108 cm³/mol. The molecule has 130 valence electrons. The molecule has 3 nitrogen and oxygen atoms in total. The van der Waals surface area contributed by atoms with Crippen molar-refractivity contribution in [2.24, 2.45) is 0 Å². The third-order valence-corrected chi connectivity index (χ3v) is 6.12. The van der Waals surface area contributed by atoms with Crippen LogP contribution in [0.5, 0.6) is 0 Å². The van der Waals surface area contributed by atoms with Crippen LogP contribution in [0, 0.1) is 0 Å². The normalized spacial score (nSPS) is 15.8. The van der Waals surface area contributed by atoms with Gasteiger partial charge in [0.2, 0.25) is 0 Å². The molecule has 0 amide bonds. The molecule has 0 radical (unpaired) electrons. The van der Waals surface area contributed by atoms with Gasteiger partial charge in [-0.15, -0.1) is 11.3 Å². The smallest absolute Gasteiger partial charge is 0.0939 e. The molecule has 1 fully saturated rings. The van der Waals surface area contributed by atoms with Crippen molar-refractivity contribution in [3.05, 3.63) is 58.6 Å². The van der Waals surface area contributed by atoms with E-state index in [4.69, 9.17) is 16.6 Å². The van der Waals surface area contributed by atoms with Gasteiger partial charge in [-0.05, 0) is 49.4 Å². The van der Waals surface area contributed by atoms with Crippen LogP contribution in [-0.2, 0) is 6.42 Å². The average molecular weight is 372 g/mol. The first-order valence-corrected chi connectivity index (χ1v) is 10.0. The Balaban J connectivity index is 1.24. The van der Waals surface area contributed by atoms with Crippen molar-refractivity contribution in [1.29, 1.82) is 0 Å². The lowest BCUT2D eigenvalue weighted by Gasteiger charge is -2.36. The summed E-state index contributed by atoms with van der Waals surface area (Å²) in [5.41, 5.74) is 2.41. The maximum atomic E-state index is 5.98. The lowest BCUT2D eigenvalue weighted by Crippen LogP contribution is -2.46. The highest BCUT2D eigenvalue weighted by Crippen LogP contribution is 2.23. The molecule has 1 saturated heterocycles. The topological polar surface area (TPSA) is 19.4 Å². The molecule has 0 aliphatic carbocycles. The highest BCUT2D eigenvalue weighted by molar-refractivity contribution is 7.18. The van der Waals surface area contributed by atoms with Gasteiger partial charge in [0.1, 0.15) is 0 Å². The zero-order valence-electron chi connectivity index (χ0n) is 14.2. The minimum atomic E-state index is 0.803. The first-order chi connectivity index (χ1) is 12.3. The van der Waals surface area contributed by atoms with Crippen LogP contribution in [0.15, 0.2) is 48.5 Å². The molecule has 0 bridgehead atoms. The quantitative estimate of drug-likeness (QED) is 0.647. The van der Waals surface area contributed by atoms with E-state index in [-0.39, 0.29) is 0 Å². The second-order valence-electron chi connectivity index (χ2n) is 6.48. The van der Waals surface area contributed by atoms with Crippen molar-refractivity contribution in [3.8, 4) is 0 Å². The van der Waals surface area contributed by atoms with Crippen molar-refractivity contribution >= 4 is 38.8 Å². The van der Waals surface area contributed by atoms with Gasteiger partial charge in [0.05, 0.1) is 15.2 Å². The third kappa shape index (κ3) is 4.14. The fourth-order valence-corrected chi connectivity index (χ4v) is 4.50. The number of fused-ring (bicyclic) bond motifs is 1. The van der Waals surface area contributed by atoms with E-state index < -0.39 is 0 Å². The average Bonchev–Trinajstić information content (AvgIpc) is 3.06. The van der Waals surface area contributed by atoms with E-state index in [0.717, 1.165) is 49.7 Å². The van der Waals surface area contributed by atoms with Gasteiger partial charge in [-0.3, -0.25) is 4.90 Å². The van der Waals surface area contributed by atoms with Crippen LogP contribution < -0.4 is 4.90 Å². The Morgan fingerprint density at radius 3 is 2.48 bits per heavy atom. The maximum Gasteiger partial charge on any atom is 0.0939 e. The number of hydrogen-bond donors (Lipinski definition) is 0. The van der Waals surface area contributed by atoms with Crippen molar-refractivity contribution in [2.45, 2.75) is 12.8 Å². The van der Waals surface area contributed by atoms with Gasteiger partial charge in [0.25, 0.3) is 0 Å². The number of nitrogens with zero attached hydrogens (tertiary/aromatic N) is 3. The Bertz CT molecular complexity index is 789. The van der Waals surface area contributed by atoms with Gasteiger partial charge in [-0.1, -0.05) is 23.7 Å². The Morgan fingerprint density at radius 2 is 1.72 bits per heavy atom. The summed E-state index contributed by atoms with van der Waals surface area (Å²) in [4.78, 5) is 9.75. The SMILES string of the molecule is Clc1ccc(N2CCN(CCCc3nc4ccccc4s3)CC2)cc1. The van der Waals surface area contributed by atoms with E-state index in [1.54, 1.807) is 0 Å². The number of aryl methyl sites for hydroxylation is 1. The summed E-state index contributed by atoms with van der Waals surface area (Å²) in [6.07, 6.45) is 2.26. The summed E-state index contributed by atoms with van der Waals surface area (Å²) in [6, 6.07) is 16.6. The lowest BCUT2D eigenvalue weighted by molar-refractivity contribution is 0.255. The molecule has 0 unspecified atom stereocenters. The number of hydrogen-bond acceptors (Lipinski definition) is 4. The summed E-state index contributed by atoms with van der Waals surface area (Å²) in [7, 11) is 0. The van der Waals surface area contributed by atoms with Crippen LogP contribution >= 0.6 is 22.9 Å². The summed E-state index contributed by atoms with van der Waals surface area (Å²) in [5, 5.41) is 2.07. The van der Waals surface area contributed by atoms with Gasteiger partial charge >= 0.3 is 0 Å². The van der Waals surface area contributed by atoms with Gasteiger partial charge in [0, 0.05) is 43.3 Å². The number of para-hydroxylation sites is 1. The molecule has 0 saturated carbocycles. The first-order valence-electron chi connectivity index (χ1n) is 8.85. The predicted octanol–water partition coefficient (Wildman–Crippen LogP) is 4.70. The number of benzene rings is 2. The fraction of sp³-hybridized carbons (Fsp3) is 0.350. The molecule has 1 aliphatic rings. The number of piperazine rings is 1. The van der Waals surface area contributed by atoms with Gasteiger partial charge < -0.3 is 4.90 Å². The van der Waals surface area contributed by atoms with E-state index in [1.807, 2.05) is 23.5 Å². The van der Waals surface area contributed by atoms with Crippen molar-refractivity contribution < 1.29 is 0 Å². The molecule has 2 aromatic carbocycles. The number of aromatic nitrogens is 1. The van der Waals surface area contributed by atoms with Crippen molar-refractivity contribution in [3.63, 3.8) is 0 Å². The van der Waals surface area contributed by atoms with Crippen LogP contribution in [0.3, 0.4) is 0 Å². The van der Waals surface area contributed by atoms with Crippen LogP contribution in [0.25, 0.3) is 10.2 Å². The lowest BCUT2D eigenvalue weighted by atomic mass is 10.2. The summed E-state index contributed by atoms with van der Waals surface area (Å²) < 4.78 is 1.30. The minimum Gasteiger partial charge on any atom is -0.369 e. The second kappa shape index (κ2) is 7.73. The zero-order valence-corrected chi connectivity index (χ0v) is 15.8. The summed E-state index contributed by atoms with van der Waals surface area (Å²) >= 11 is 7.81. The second-order valence-corrected chi connectivity index (χ2v) is 8.04. The van der Waals surface area contributed by atoms with E-state index in [0.29, 0.717) is 0 Å². The van der Waals surface area contributed by atoms with Crippen molar-refractivity contribution in [2.75, 3.05) is 37.6 Å². The molecule has 4 rings (SSSR count).